The number of hydrogen-bond acceptors (Lipinski definition) is 7. The number of nitrogens with zero attached hydrogens (tertiary/aromatic N) is 6. The number of ether oxygens (including phenoxy) is 1. The Kier molecular flexibility index (Phi) is 6.27. The van der Waals surface area contributed by atoms with Gasteiger partial charge in [0.05, 0.1) is 11.9 Å². The number of fused-ring (bicyclic) bond motifs is 1. The van der Waals surface area contributed by atoms with Gasteiger partial charge < -0.3 is 10.1 Å². The lowest BCUT2D eigenvalue weighted by Gasteiger charge is -2.15. The molecule has 1 aliphatic rings. The third-order valence-electron chi connectivity index (χ3n) is 5.60. The van der Waals surface area contributed by atoms with Gasteiger partial charge in [0.15, 0.2) is 5.65 Å². The Morgan fingerprint density at radius 1 is 1.03 bits per heavy atom. The molecule has 5 rings (SSSR count). The SMILES string of the molecule is SCCn1cc(-c2cccc3nc(Nc4ccc(OCCN5CCCC5)cc4)nn23)cn1. The molecule has 1 fully saturated rings. The normalized spacial score (nSPS) is 14.3. The number of benzene rings is 1. The molecule has 4 aromatic rings. The van der Waals surface area contributed by atoms with Crippen molar-refractivity contribution < 1.29 is 4.74 Å². The smallest absolute Gasteiger partial charge is 0.247 e. The van der Waals surface area contributed by atoms with E-state index in [1.54, 1.807) is 0 Å². The predicted octanol–water partition coefficient (Wildman–Crippen LogP) is 3.74. The van der Waals surface area contributed by atoms with Crippen molar-refractivity contribution in [2.45, 2.75) is 19.4 Å². The summed E-state index contributed by atoms with van der Waals surface area (Å²) in [6, 6.07) is 13.9. The molecule has 3 aromatic heterocycles. The van der Waals surface area contributed by atoms with Crippen LogP contribution in [0.15, 0.2) is 54.9 Å². The van der Waals surface area contributed by atoms with E-state index in [9.17, 15) is 0 Å². The molecule has 0 aliphatic carbocycles. The van der Waals surface area contributed by atoms with Gasteiger partial charge in [0.2, 0.25) is 5.95 Å². The first-order valence-corrected chi connectivity index (χ1v) is 11.6. The second-order valence-corrected chi connectivity index (χ2v) is 8.33. The second-order valence-electron chi connectivity index (χ2n) is 7.88. The Morgan fingerprint density at radius 2 is 1.88 bits per heavy atom. The van der Waals surface area contributed by atoms with Crippen molar-refractivity contribution in [3.63, 3.8) is 0 Å². The van der Waals surface area contributed by atoms with E-state index in [2.05, 4.69) is 38.0 Å². The quantitative estimate of drug-likeness (QED) is 0.379. The summed E-state index contributed by atoms with van der Waals surface area (Å²) in [7, 11) is 0. The van der Waals surface area contributed by atoms with E-state index in [0.29, 0.717) is 12.6 Å². The Labute approximate surface area is 192 Å². The number of likely N-dealkylation sites (tertiary alicyclic amines) is 1. The summed E-state index contributed by atoms with van der Waals surface area (Å²) in [6.07, 6.45) is 6.45. The zero-order chi connectivity index (χ0) is 21.8. The van der Waals surface area contributed by atoms with Gasteiger partial charge in [0.25, 0.3) is 0 Å². The molecule has 1 saturated heterocycles. The molecule has 1 N–H and O–H groups in total. The van der Waals surface area contributed by atoms with Crippen LogP contribution in [0.25, 0.3) is 16.9 Å². The highest BCUT2D eigenvalue weighted by atomic mass is 32.1. The maximum Gasteiger partial charge on any atom is 0.247 e. The Hall–Kier alpha value is -3.04. The highest BCUT2D eigenvalue weighted by Gasteiger charge is 2.12. The number of rotatable bonds is 9. The van der Waals surface area contributed by atoms with E-state index in [0.717, 1.165) is 47.2 Å². The Balaban J connectivity index is 1.26. The van der Waals surface area contributed by atoms with Crippen molar-refractivity contribution in [3.8, 4) is 17.0 Å². The predicted molar refractivity (Wildman–Crippen MR) is 129 cm³/mol. The largest absolute Gasteiger partial charge is 0.492 e. The standard InChI is InChI=1S/C23H27N7OS/c32-15-13-29-17-18(16-24-29)21-4-3-5-22-26-23(27-30(21)22)25-19-6-8-20(9-7-19)31-14-12-28-10-1-2-11-28/h3-9,16-17,32H,1-2,10-15H2,(H,25,27). The fourth-order valence-electron chi connectivity index (χ4n) is 3.96. The van der Waals surface area contributed by atoms with Gasteiger partial charge in [-0.15, -0.1) is 5.10 Å². The van der Waals surface area contributed by atoms with Crippen molar-refractivity contribution in [2.24, 2.45) is 0 Å². The maximum atomic E-state index is 5.89. The van der Waals surface area contributed by atoms with E-state index < -0.39 is 0 Å². The fraction of sp³-hybridized carbons (Fsp3) is 0.348. The number of anilines is 2. The minimum absolute atomic E-state index is 0.544. The molecular formula is C23H27N7OS. The van der Waals surface area contributed by atoms with Gasteiger partial charge in [0.1, 0.15) is 12.4 Å². The number of aromatic nitrogens is 5. The molecule has 1 aliphatic heterocycles. The third kappa shape index (κ3) is 4.73. The molecular weight excluding hydrogens is 422 g/mol. The summed E-state index contributed by atoms with van der Waals surface area (Å²) in [5.74, 6) is 2.16. The van der Waals surface area contributed by atoms with Crippen LogP contribution in [0.3, 0.4) is 0 Å². The summed E-state index contributed by atoms with van der Waals surface area (Å²) < 4.78 is 9.60. The minimum Gasteiger partial charge on any atom is -0.492 e. The van der Waals surface area contributed by atoms with Crippen LogP contribution in [0, 0.1) is 0 Å². The lowest BCUT2D eigenvalue weighted by atomic mass is 10.2. The van der Waals surface area contributed by atoms with Crippen molar-refractivity contribution in [2.75, 3.05) is 37.3 Å². The average molecular weight is 450 g/mol. The van der Waals surface area contributed by atoms with Gasteiger partial charge >= 0.3 is 0 Å². The second kappa shape index (κ2) is 9.62. The van der Waals surface area contributed by atoms with Crippen LogP contribution in [-0.4, -0.2) is 61.3 Å². The number of aryl methyl sites for hydroxylation is 1. The van der Waals surface area contributed by atoms with Gasteiger partial charge in [-0.3, -0.25) is 9.58 Å². The molecule has 8 nitrogen and oxygen atoms in total. The van der Waals surface area contributed by atoms with Crippen LogP contribution in [0.1, 0.15) is 12.8 Å². The molecule has 0 atom stereocenters. The van der Waals surface area contributed by atoms with Crippen LogP contribution in [0.2, 0.25) is 0 Å². The molecule has 0 radical (unpaired) electrons. The van der Waals surface area contributed by atoms with Crippen molar-refractivity contribution >= 4 is 29.9 Å². The van der Waals surface area contributed by atoms with E-state index >= 15 is 0 Å². The summed E-state index contributed by atoms with van der Waals surface area (Å²) in [6.45, 7) is 4.85. The zero-order valence-electron chi connectivity index (χ0n) is 17.9. The fourth-order valence-corrected chi connectivity index (χ4v) is 4.16. The number of pyridine rings is 1. The molecule has 0 spiro atoms. The monoisotopic (exact) mass is 449 g/mol. The molecule has 0 amide bonds. The lowest BCUT2D eigenvalue weighted by Crippen LogP contribution is -2.25. The van der Waals surface area contributed by atoms with Gasteiger partial charge in [-0.2, -0.15) is 22.7 Å². The first kappa shape index (κ1) is 20.8. The van der Waals surface area contributed by atoms with Crippen LogP contribution in [0.5, 0.6) is 5.75 Å². The minimum atomic E-state index is 0.544. The van der Waals surface area contributed by atoms with Crippen LogP contribution in [0.4, 0.5) is 11.6 Å². The molecule has 166 valence electrons. The number of nitrogens with one attached hydrogen (secondary N) is 1. The molecule has 4 heterocycles. The lowest BCUT2D eigenvalue weighted by molar-refractivity contribution is 0.238. The average Bonchev–Trinajstić information content (AvgIpc) is 3.56. The summed E-state index contributed by atoms with van der Waals surface area (Å²) in [5.41, 5.74) is 3.62. The molecule has 32 heavy (non-hydrogen) atoms. The van der Waals surface area contributed by atoms with Crippen molar-refractivity contribution in [1.82, 2.24) is 29.3 Å². The Bertz CT molecular complexity index is 1160. The maximum absolute atomic E-state index is 5.89. The summed E-state index contributed by atoms with van der Waals surface area (Å²) in [4.78, 5) is 7.07. The highest BCUT2D eigenvalue weighted by Crippen LogP contribution is 2.23. The van der Waals surface area contributed by atoms with Crippen molar-refractivity contribution in [1.29, 1.82) is 0 Å². The van der Waals surface area contributed by atoms with E-state index in [4.69, 9.17) is 4.74 Å². The first-order chi connectivity index (χ1) is 15.8. The molecule has 0 bridgehead atoms. The summed E-state index contributed by atoms with van der Waals surface area (Å²) >= 11 is 4.27. The Morgan fingerprint density at radius 3 is 2.69 bits per heavy atom. The van der Waals surface area contributed by atoms with E-state index in [1.165, 1.54) is 25.9 Å². The van der Waals surface area contributed by atoms with Gasteiger partial charge in [-0.05, 0) is 62.3 Å². The van der Waals surface area contributed by atoms with Crippen molar-refractivity contribution in [3.05, 3.63) is 54.9 Å². The van der Waals surface area contributed by atoms with Crippen LogP contribution in [-0.2, 0) is 6.54 Å². The zero-order valence-corrected chi connectivity index (χ0v) is 18.8. The molecule has 9 heteroatoms. The third-order valence-corrected chi connectivity index (χ3v) is 5.80. The topological polar surface area (TPSA) is 72.5 Å². The molecule has 0 unspecified atom stereocenters. The first-order valence-electron chi connectivity index (χ1n) is 11.0. The number of hydrogen-bond donors (Lipinski definition) is 2. The summed E-state index contributed by atoms with van der Waals surface area (Å²) in [5, 5.41) is 12.3. The van der Waals surface area contributed by atoms with E-state index in [-0.39, 0.29) is 0 Å². The molecule has 0 saturated carbocycles. The van der Waals surface area contributed by atoms with E-state index in [1.807, 2.05) is 64.1 Å². The number of thiol groups is 1. The van der Waals surface area contributed by atoms with Crippen LogP contribution < -0.4 is 10.1 Å². The van der Waals surface area contributed by atoms with Gasteiger partial charge in [-0.1, -0.05) is 6.07 Å². The van der Waals surface area contributed by atoms with Crippen LogP contribution >= 0.6 is 12.6 Å². The van der Waals surface area contributed by atoms with Gasteiger partial charge in [-0.25, -0.2) is 4.52 Å². The highest BCUT2D eigenvalue weighted by molar-refractivity contribution is 7.80. The molecule has 1 aromatic carbocycles. The van der Waals surface area contributed by atoms with Gasteiger partial charge in [0, 0.05) is 36.3 Å².